The number of ether oxygens (including phenoxy) is 8. The molecule has 1 unspecified atom stereocenters. The van der Waals surface area contributed by atoms with Gasteiger partial charge in [-0.05, 0) is 93.9 Å². The maximum absolute atomic E-state index is 13.1. The summed E-state index contributed by atoms with van der Waals surface area (Å²) < 4.78 is 50.0. The molecule has 4 rings (SSSR count). The van der Waals surface area contributed by atoms with E-state index in [2.05, 4.69) is 4.90 Å². The van der Waals surface area contributed by atoms with Gasteiger partial charge in [0.15, 0.2) is 18.9 Å². The van der Waals surface area contributed by atoms with Gasteiger partial charge in [-0.15, -0.1) is 0 Å². The van der Waals surface area contributed by atoms with E-state index in [4.69, 9.17) is 37.9 Å². The minimum absolute atomic E-state index is 0.00885. The first kappa shape index (κ1) is 49.8. The standard InChI is InChI=1S/C43H74N2O14/c1-24-21-29(19-20-46)39(59-42-37(49)36(45(9)10)38(27(4)56-42)58-35-23-43(6,51)41(50)28(5)55-35)40(52-11)31(47)22-33(48)53-25(2)15-13-12-14-16-32(24)57-34-18-17-30(44(7)8)26(3)54-34/h12-14,16,20,24-32,34-42,47,49-51H,15,17-19,21-23H2,1-11H3/b13-12+,16-14+/t24-,25-,26+,27-,28+,29+,30+,31-,32+,34+,35+,36-,37-,38-,39+,40?,41+,42+,43-/m1/s1. The van der Waals surface area contributed by atoms with E-state index in [1.54, 1.807) is 39.8 Å². The van der Waals surface area contributed by atoms with Crippen molar-refractivity contribution < 1.29 is 67.9 Å². The largest absolute Gasteiger partial charge is 0.462 e. The van der Waals surface area contributed by atoms with Crippen molar-refractivity contribution in [1.29, 1.82) is 0 Å². The van der Waals surface area contributed by atoms with E-state index in [0.29, 0.717) is 19.3 Å². The number of hydrogen-bond donors (Lipinski definition) is 4. The van der Waals surface area contributed by atoms with Crippen molar-refractivity contribution in [1.82, 2.24) is 9.80 Å². The van der Waals surface area contributed by atoms with Crippen molar-refractivity contribution in [3.05, 3.63) is 24.3 Å². The zero-order valence-electron chi connectivity index (χ0n) is 37.0. The monoisotopic (exact) mass is 843 g/mol. The van der Waals surface area contributed by atoms with Gasteiger partial charge in [0.25, 0.3) is 0 Å². The van der Waals surface area contributed by atoms with Crippen LogP contribution in [0.3, 0.4) is 0 Å². The molecule has 16 heteroatoms. The van der Waals surface area contributed by atoms with E-state index >= 15 is 0 Å². The van der Waals surface area contributed by atoms with Crippen molar-refractivity contribution >= 4 is 12.3 Å². The summed E-state index contributed by atoms with van der Waals surface area (Å²) in [6, 6.07) is -0.466. The molecule has 4 aliphatic rings. The highest BCUT2D eigenvalue weighted by atomic mass is 16.7. The van der Waals surface area contributed by atoms with Gasteiger partial charge in [-0.25, -0.2) is 0 Å². The molecule has 0 aliphatic carbocycles. The molecule has 0 radical (unpaired) electrons. The minimum atomic E-state index is -1.47. The minimum Gasteiger partial charge on any atom is -0.462 e. The van der Waals surface area contributed by atoms with Crippen molar-refractivity contribution in [2.45, 2.75) is 190 Å². The van der Waals surface area contributed by atoms with Crippen LogP contribution in [0.5, 0.6) is 0 Å². The Hall–Kier alpha value is -1.90. The second kappa shape index (κ2) is 22.5. The molecule has 3 saturated heterocycles. The van der Waals surface area contributed by atoms with Gasteiger partial charge >= 0.3 is 5.97 Å². The van der Waals surface area contributed by atoms with Gasteiger partial charge in [-0.2, -0.15) is 0 Å². The number of esters is 1. The van der Waals surface area contributed by atoms with E-state index in [-0.39, 0.29) is 30.9 Å². The SMILES string of the molecule is COC1[C@H](O)CC(=O)O[C@H](C)C/C=C/C=C/[C@H](O[C@H]2CC[C@H](N(C)C)[C@H](C)O2)[C@H](C)C[C@H](CC=O)[C@@H]1O[C@@H]1O[C@H](C)[C@@H](O[C@H]2C[C@@](C)(O)[C@@H](O)[C@H](C)O2)[C@H](N(C)C)[C@H]1O. The Morgan fingerprint density at radius 3 is 2.17 bits per heavy atom. The smallest absolute Gasteiger partial charge is 0.308 e. The second-order valence-corrected chi connectivity index (χ2v) is 17.8. The first-order valence-corrected chi connectivity index (χ1v) is 21.3. The summed E-state index contributed by atoms with van der Waals surface area (Å²) in [5.74, 6) is -1.47. The molecule has 0 saturated carbocycles. The molecule has 3 fully saturated rings. The third-order valence-electron chi connectivity index (χ3n) is 12.4. The van der Waals surface area contributed by atoms with Crippen LogP contribution in [0.2, 0.25) is 0 Å². The normalized spacial score (nSPS) is 45.8. The molecule has 0 aromatic heterocycles. The van der Waals surface area contributed by atoms with Crippen molar-refractivity contribution in [3.63, 3.8) is 0 Å². The van der Waals surface area contributed by atoms with Gasteiger partial charge < -0.3 is 72.9 Å². The first-order valence-electron chi connectivity index (χ1n) is 21.3. The summed E-state index contributed by atoms with van der Waals surface area (Å²) in [5, 5.41) is 45.1. The summed E-state index contributed by atoms with van der Waals surface area (Å²) in [6.45, 7) is 10.8. The third kappa shape index (κ3) is 13.3. The molecule has 16 nitrogen and oxygen atoms in total. The average molecular weight is 843 g/mol. The fraction of sp³-hybridized carbons (Fsp3) is 0.860. The molecule has 0 bridgehead atoms. The number of rotatable bonds is 11. The molecule has 0 amide bonds. The molecular formula is C43H74N2O14. The van der Waals surface area contributed by atoms with E-state index < -0.39 is 110 Å². The summed E-state index contributed by atoms with van der Waals surface area (Å²) in [6.07, 6.45) is -1.56. The number of allylic oxidation sites excluding steroid dienone is 2. The summed E-state index contributed by atoms with van der Waals surface area (Å²) >= 11 is 0. The molecule has 340 valence electrons. The number of methoxy groups -OCH3 is 1. The van der Waals surface area contributed by atoms with E-state index in [0.717, 1.165) is 12.7 Å². The van der Waals surface area contributed by atoms with Gasteiger partial charge in [-0.3, -0.25) is 4.79 Å². The number of carbonyl (C=O) groups is 2. The Labute approximate surface area is 351 Å². The number of aldehydes is 1. The van der Waals surface area contributed by atoms with Crippen LogP contribution in [0.25, 0.3) is 0 Å². The zero-order chi connectivity index (χ0) is 43.8. The lowest BCUT2D eigenvalue weighted by Gasteiger charge is -2.50. The second-order valence-electron chi connectivity index (χ2n) is 17.8. The number of cyclic esters (lactones) is 1. The maximum Gasteiger partial charge on any atom is 0.308 e. The average Bonchev–Trinajstić information content (AvgIpc) is 3.13. The van der Waals surface area contributed by atoms with Gasteiger partial charge in [0, 0.05) is 32.4 Å². The Morgan fingerprint density at radius 2 is 1.56 bits per heavy atom. The number of aliphatic hydroxyl groups is 4. The summed E-state index contributed by atoms with van der Waals surface area (Å²) in [7, 11) is 9.03. The Balaban J connectivity index is 1.66. The molecule has 4 heterocycles. The van der Waals surface area contributed by atoms with Crippen LogP contribution in [0, 0.1) is 11.8 Å². The Morgan fingerprint density at radius 1 is 0.864 bits per heavy atom. The van der Waals surface area contributed by atoms with Crippen LogP contribution < -0.4 is 0 Å². The molecule has 59 heavy (non-hydrogen) atoms. The van der Waals surface area contributed by atoms with Crippen LogP contribution in [0.1, 0.15) is 86.5 Å². The number of carbonyl (C=O) groups excluding carboxylic acids is 2. The van der Waals surface area contributed by atoms with Crippen LogP contribution >= 0.6 is 0 Å². The molecule has 19 atom stereocenters. The van der Waals surface area contributed by atoms with Gasteiger partial charge in [0.1, 0.15) is 36.8 Å². The molecular weight excluding hydrogens is 768 g/mol. The van der Waals surface area contributed by atoms with Gasteiger partial charge in [-0.1, -0.05) is 31.2 Å². The summed E-state index contributed by atoms with van der Waals surface area (Å²) in [5.41, 5.74) is -1.47. The van der Waals surface area contributed by atoms with Crippen LogP contribution in [0.4, 0.5) is 0 Å². The zero-order valence-corrected chi connectivity index (χ0v) is 37.0. The molecule has 0 spiro atoms. The lowest BCUT2D eigenvalue weighted by atomic mass is 9.82. The Kier molecular flexibility index (Phi) is 18.9. The molecule has 0 aromatic rings. The number of aliphatic hydroxyl groups excluding tert-OH is 3. The predicted octanol–water partition coefficient (Wildman–Crippen LogP) is 2.33. The van der Waals surface area contributed by atoms with Crippen molar-refractivity contribution in [2.75, 3.05) is 35.3 Å². The van der Waals surface area contributed by atoms with E-state index in [1.807, 2.05) is 52.2 Å². The number of likely N-dealkylation sites (N-methyl/N-ethyl adjacent to an activating group) is 2. The number of hydrogen-bond acceptors (Lipinski definition) is 16. The van der Waals surface area contributed by atoms with Crippen LogP contribution in [-0.4, -0.2) is 181 Å². The fourth-order valence-corrected chi connectivity index (χ4v) is 9.10. The van der Waals surface area contributed by atoms with Crippen LogP contribution in [0.15, 0.2) is 24.3 Å². The van der Waals surface area contributed by atoms with Gasteiger partial charge in [0.05, 0.1) is 54.7 Å². The fourth-order valence-electron chi connectivity index (χ4n) is 9.10. The third-order valence-corrected chi connectivity index (χ3v) is 12.4. The maximum atomic E-state index is 13.1. The highest BCUT2D eigenvalue weighted by Crippen LogP contribution is 2.37. The van der Waals surface area contributed by atoms with Gasteiger partial charge in [0.2, 0.25) is 0 Å². The van der Waals surface area contributed by atoms with Crippen molar-refractivity contribution in [2.24, 2.45) is 11.8 Å². The Bertz CT molecular complexity index is 1370. The van der Waals surface area contributed by atoms with Crippen molar-refractivity contribution in [3.8, 4) is 0 Å². The first-order chi connectivity index (χ1) is 27.8. The van der Waals surface area contributed by atoms with E-state index in [1.165, 1.54) is 14.0 Å². The van der Waals surface area contributed by atoms with E-state index in [9.17, 15) is 30.0 Å². The highest BCUT2D eigenvalue weighted by Gasteiger charge is 2.52. The van der Waals surface area contributed by atoms with Crippen LogP contribution in [-0.2, 0) is 47.5 Å². The topological polar surface area (TPSA) is 195 Å². The predicted molar refractivity (Wildman–Crippen MR) is 217 cm³/mol. The quantitative estimate of drug-likeness (QED) is 0.175. The molecule has 4 N–H and O–H groups in total. The highest BCUT2D eigenvalue weighted by molar-refractivity contribution is 5.70. The lowest BCUT2D eigenvalue weighted by Crippen LogP contribution is -2.65. The summed E-state index contributed by atoms with van der Waals surface area (Å²) in [4.78, 5) is 29.5. The number of nitrogens with zero attached hydrogens (tertiary/aromatic N) is 2. The molecule has 0 aromatic carbocycles. The lowest BCUT2D eigenvalue weighted by molar-refractivity contribution is -0.344. The molecule has 4 aliphatic heterocycles.